The number of anilines is 2. The zero-order valence-corrected chi connectivity index (χ0v) is 20.3. The van der Waals surface area contributed by atoms with E-state index in [0.29, 0.717) is 0 Å². The molecule has 0 amide bonds. The van der Waals surface area contributed by atoms with Crippen LogP contribution in [0.3, 0.4) is 0 Å². The molecule has 8 N–H and O–H groups in total. The van der Waals surface area contributed by atoms with E-state index in [1.54, 1.807) is 0 Å². The van der Waals surface area contributed by atoms with Gasteiger partial charge in [-0.15, -0.1) is 0 Å². The van der Waals surface area contributed by atoms with Crippen LogP contribution in [0.2, 0.25) is 10.0 Å². The molecule has 0 saturated carbocycles. The monoisotopic (exact) mass is 576 g/mol. The fourth-order valence-electron chi connectivity index (χ4n) is 2.08. The molecule has 0 fully saturated rings. The third-order valence-corrected chi connectivity index (χ3v) is 3.65. The number of benzene rings is 2. The van der Waals surface area contributed by atoms with Gasteiger partial charge in [0, 0.05) is 17.2 Å². The van der Waals surface area contributed by atoms with E-state index in [1.807, 2.05) is 0 Å². The standard InChI is InChI=1S/C8H7ClN2O4.C7H5ClN2O4.CH4O.H2O4S/c1-15-8(12)5-2-4(9)3-6(10)7(5)11(13)14;8-3-1-4(7(11)12)6(10(13)14)5(9)2-3;1-2;1-5(2,3)4/h2-3H,10H2,1H3;1-2H,9H2,(H,11,12);2H,1H3;(H2,1,2,3,4). The van der Waals surface area contributed by atoms with Crippen molar-refractivity contribution in [3.8, 4) is 0 Å². The molecule has 0 atom stereocenters. The highest BCUT2D eigenvalue weighted by Crippen LogP contribution is 2.31. The SMILES string of the molecule is CO.COC(=O)c1cc(Cl)cc(N)c1[N+](=O)[O-].Nc1cc(Cl)cc(C(=O)O)c1[N+](=O)[O-].O=S(=O)(O)O. The number of nitrogens with two attached hydrogens (primary N) is 2. The van der Waals surface area contributed by atoms with Crippen LogP contribution in [0.4, 0.5) is 22.7 Å². The Morgan fingerprint density at radius 1 is 0.889 bits per heavy atom. The minimum Gasteiger partial charge on any atom is -0.477 e. The van der Waals surface area contributed by atoms with Gasteiger partial charge in [0.25, 0.3) is 0 Å². The van der Waals surface area contributed by atoms with Crippen LogP contribution in [0.1, 0.15) is 20.7 Å². The number of halogens is 2. The number of rotatable bonds is 4. The number of nitro groups is 2. The fraction of sp³-hybridized carbons (Fsp3) is 0.125. The van der Waals surface area contributed by atoms with Crippen LogP contribution >= 0.6 is 23.2 Å². The number of methoxy groups -OCH3 is 1. The van der Waals surface area contributed by atoms with Gasteiger partial charge in [0.15, 0.2) is 0 Å². The average molecular weight is 577 g/mol. The summed E-state index contributed by atoms with van der Waals surface area (Å²) >= 11 is 11.1. The van der Waals surface area contributed by atoms with Gasteiger partial charge in [0.2, 0.25) is 0 Å². The zero-order valence-electron chi connectivity index (χ0n) is 18.0. The Labute approximate surface area is 211 Å². The molecule has 17 nitrogen and oxygen atoms in total. The number of aliphatic hydroxyl groups excluding tert-OH is 1. The van der Waals surface area contributed by atoms with Gasteiger partial charge >= 0.3 is 33.7 Å². The first-order valence-corrected chi connectivity index (χ1v) is 10.5. The van der Waals surface area contributed by atoms with Crippen LogP contribution < -0.4 is 11.5 Å². The Morgan fingerprint density at radius 2 is 1.19 bits per heavy atom. The lowest BCUT2D eigenvalue weighted by Gasteiger charge is -2.04. The number of esters is 1. The molecular formula is C16H18Cl2N4O13S. The van der Waals surface area contributed by atoms with E-state index < -0.39 is 49.1 Å². The smallest absolute Gasteiger partial charge is 0.394 e. The van der Waals surface area contributed by atoms with Gasteiger partial charge in [-0.25, -0.2) is 9.59 Å². The zero-order chi connectivity index (χ0) is 29.0. The normalized spacial score (nSPS) is 9.64. The van der Waals surface area contributed by atoms with Crippen molar-refractivity contribution in [1.82, 2.24) is 0 Å². The number of aromatic carboxylic acids is 1. The second kappa shape index (κ2) is 15.2. The second-order valence-corrected chi connectivity index (χ2v) is 7.31. The lowest BCUT2D eigenvalue weighted by molar-refractivity contribution is -0.384. The number of aliphatic hydroxyl groups is 1. The first-order chi connectivity index (χ1) is 16.4. The molecule has 0 aromatic heterocycles. The molecule has 0 aliphatic rings. The number of hydrogen-bond acceptors (Lipinski definition) is 12. The molecule has 0 aliphatic carbocycles. The summed E-state index contributed by atoms with van der Waals surface area (Å²) < 4.78 is 36.0. The Bertz CT molecular complexity index is 1230. The number of carboxylic acid groups (broad SMARTS) is 1. The molecule has 0 spiro atoms. The van der Waals surface area contributed by atoms with Gasteiger partial charge in [0.1, 0.15) is 22.5 Å². The third kappa shape index (κ3) is 12.1. The summed E-state index contributed by atoms with van der Waals surface area (Å²) in [5, 5.41) is 37.0. The highest BCUT2D eigenvalue weighted by Gasteiger charge is 2.25. The summed E-state index contributed by atoms with van der Waals surface area (Å²) in [6, 6.07) is 4.46. The summed E-state index contributed by atoms with van der Waals surface area (Å²) in [7, 11) is -2.55. The van der Waals surface area contributed by atoms with Crippen LogP contribution in [0.5, 0.6) is 0 Å². The van der Waals surface area contributed by atoms with E-state index in [2.05, 4.69) is 4.74 Å². The van der Waals surface area contributed by atoms with Crippen LogP contribution in [-0.2, 0) is 15.1 Å². The van der Waals surface area contributed by atoms with Gasteiger partial charge in [-0.1, -0.05) is 23.2 Å². The van der Waals surface area contributed by atoms with Crippen molar-refractivity contribution in [3.63, 3.8) is 0 Å². The van der Waals surface area contributed by atoms with Crippen molar-refractivity contribution in [2.24, 2.45) is 0 Å². The molecule has 20 heteroatoms. The van der Waals surface area contributed by atoms with Crippen molar-refractivity contribution < 1.29 is 51.9 Å². The van der Waals surface area contributed by atoms with Crippen LogP contribution in [0.15, 0.2) is 24.3 Å². The summed E-state index contributed by atoms with van der Waals surface area (Å²) in [4.78, 5) is 41.3. The number of carbonyl (C=O) groups excluding carboxylic acids is 1. The maximum absolute atomic E-state index is 11.2. The second-order valence-electron chi connectivity index (χ2n) is 5.54. The summed E-state index contributed by atoms with van der Waals surface area (Å²) in [6.07, 6.45) is 0. The Kier molecular flexibility index (Phi) is 14.5. The lowest BCUT2D eigenvalue weighted by atomic mass is 10.1. The third-order valence-electron chi connectivity index (χ3n) is 3.21. The maximum Gasteiger partial charge on any atom is 0.394 e. The molecule has 0 bridgehead atoms. The topological polar surface area (TPSA) is 297 Å². The first kappa shape index (κ1) is 34.4. The van der Waals surface area contributed by atoms with E-state index in [-0.39, 0.29) is 27.0 Å². The van der Waals surface area contributed by atoms with Gasteiger partial charge in [-0.2, -0.15) is 8.42 Å². The predicted molar refractivity (Wildman–Crippen MR) is 126 cm³/mol. The molecule has 0 saturated heterocycles. The molecule has 0 heterocycles. The summed E-state index contributed by atoms with van der Waals surface area (Å²) in [6.45, 7) is 0. The van der Waals surface area contributed by atoms with Gasteiger partial charge < -0.3 is 26.4 Å². The number of carboxylic acids is 1. The molecule has 2 rings (SSSR count). The highest BCUT2D eigenvalue weighted by molar-refractivity contribution is 7.79. The van der Waals surface area contributed by atoms with Gasteiger partial charge in [0.05, 0.1) is 17.0 Å². The maximum atomic E-state index is 11.2. The van der Waals surface area contributed by atoms with Crippen molar-refractivity contribution in [1.29, 1.82) is 0 Å². The van der Waals surface area contributed by atoms with Crippen LogP contribution in [-0.4, -0.2) is 63.7 Å². The summed E-state index contributed by atoms with van der Waals surface area (Å²) in [5.41, 5.74) is 8.31. The Morgan fingerprint density at radius 3 is 1.47 bits per heavy atom. The predicted octanol–water partition coefficient (Wildman–Crippen LogP) is 2.10. The molecule has 0 radical (unpaired) electrons. The number of ether oxygens (including phenoxy) is 1. The minimum atomic E-state index is -4.67. The number of nitrogen functional groups attached to an aromatic ring is 2. The minimum absolute atomic E-state index is 0.0468. The average Bonchev–Trinajstić information content (AvgIpc) is 2.72. The molecule has 36 heavy (non-hydrogen) atoms. The van der Waals surface area contributed by atoms with E-state index in [9.17, 15) is 29.8 Å². The van der Waals surface area contributed by atoms with Crippen molar-refractivity contribution >= 4 is 68.3 Å². The van der Waals surface area contributed by atoms with Crippen molar-refractivity contribution in [2.45, 2.75) is 0 Å². The number of nitrogens with zero attached hydrogens (tertiary/aromatic N) is 2. The number of nitro benzene ring substituents is 2. The molecule has 0 aliphatic heterocycles. The number of carbonyl (C=O) groups is 2. The molecule has 200 valence electrons. The van der Waals surface area contributed by atoms with Crippen LogP contribution in [0, 0.1) is 20.2 Å². The quantitative estimate of drug-likeness (QED) is 0.0996. The number of hydrogen-bond donors (Lipinski definition) is 6. The van der Waals surface area contributed by atoms with Crippen molar-refractivity contribution in [2.75, 3.05) is 25.7 Å². The lowest BCUT2D eigenvalue weighted by Crippen LogP contribution is -2.08. The molecular weight excluding hydrogens is 559 g/mol. The molecule has 2 aromatic carbocycles. The molecule has 2 aromatic rings. The fourth-order valence-corrected chi connectivity index (χ4v) is 2.53. The summed E-state index contributed by atoms with van der Waals surface area (Å²) in [5.74, 6) is -2.29. The van der Waals surface area contributed by atoms with Gasteiger partial charge in [-0.3, -0.25) is 29.3 Å². The highest BCUT2D eigenvalue weighted by atomic mass is 35.5. The van der Waals surface area contributed by atoms with Crippen LogP contribution in [0.25, 0.3) is 0 Å². The largest absolute Gasteiger partial charge is 0.477 e. The van der Waals surface area contributed by atoms with E-state index in [0.717, 1.165) is 32.4 Å². The Balaban J connectivity index is 0. The molecule has 0 unspecified atom stereocenters. The Hall–Kier alpha value is -3.81. The van der Waals surface area contributed by atoms with Crippen molar-refractivity contribution in [3.05, 3.63) is 65.7 Å². The van der Waals surface area contributed by atoms with Gasteiger partial charge in [-0.05, 0) is 24.3 Å². The van der Waals surface area contributed by atoms with E-state index in [1.165, 1.54) is 6.07 Å². The first-order valence-electron chi connectivity index (χ1n) is 8.33. The van der Waals surface area contributed by atoms with E-state index >= 15 is 0 Å². The van der Waals surface area contributed by atoms with E-state index in [4.69, 9.17) is 62.4 Å².